The Morgan fingerprint density at radius 2 is 1.59 bits per heavy atom. The Labute approximate surface area is 184 Å². The third kappa shape index (κ3) is 5.63. The molecule has 3 aromatic carbocycles. The maximum absolute atomic E-state index is 12.0. The van der Waals surface area contributed by atoms with Crippen LogP contribution in [0.25, 0.3) is 11.4 Å². The van der Waals surface area contributed by atoms with Crippen molar-refractivity contribution < 1.29 is 28.3 Å². The van der Waals surface area contributed by atoms with Crippen molar-refractivity contribution in [3.8, 4) is 34.4 Å². The fourth-order valence-corrected chi connectivity index (χ4v) is 2.75. The maximum atomic E-state index is 12.0. The Bertz CT molecular complexity index is 1160. The number of rotatable bonds is 9. The highest BCUT2D eigenvalue weighted by atomic mass is 16.6. The van der Waals surface area contributed by atoms with Gasteiger partial charge in [-0.3, -0.25) is 0 Å². The number of hydrogen-bond donors (Lipinski definition) is 0. The number of esters is 1. The molecule has 0 saturated carbocycles. The SMILES string of the molecule is COc1cccc(-c2noc(COC(=O)COc3ccc(Oc4ccccc4)cc3)n2)c1. The molecule has 4 aromatic rings. The fraction of sp³-hybridized carbons (Fsp3) is 0.125. The first kappa shape index (κ1) is 20.9. The van der Waals surface area contributed by atoms with Gasteiger partial charge in [-0.25, -0.2) is 4.79 Å². The maximum Gasteiger partial charge on any atom is 0.344 e. The zero-order chi connectivity index (χ0) is 22.2. The van der Waals surface area contributed by atoms with E-state index in [2.05, 4.69) is 10.1 Å². The van der Waals surface area contributed by atoms with E-state index >= 15 is 0 Å². The molecule has 0 saturated heterocycles. The second-order valence-electron chi connectivity index (χ2n) is 6.58. The molecule has 0 aliphatic carbocycles. The Hall–Kier alpha value is -4.33. The van der Waals surface area contributed by atoms with Crippen LogP contribution in [0, 0.1) is 0 Å². The molecule has 0 amide bonds. The lowest BCUT2D eigenvalue weighted by Crippen LogP contribution is -2.14. The van der Waals surface area contributed by atoms with Gasteiger partial charge < -0.3 is 23.5 Å². The van der Waals surface area contributed by atoms with E-state index in [9.17, 15) is 4.79 Å². The lowest BCUT2D eigenvalue weighted by molar-refractivity contribution is -0.148. The van der Waals surface area contributed by atoms with Gasteiger partial charge in [-0.15, -0.1) is 0 Å². The summed E-state index contributed by atoms with van der Waals surface area (Å²) in [5, 5.41) is 3.90. The number of para-hydroxylation sites is 1. The van der Waals surface area contributed by atoms with Crippen molar-refractivity contribution in [3.63, 3.8) is 0 Å². The van der Waals surface area contributed by atoms with Gasteiger partial charge in [0.15, 0.2) is 13.2 Å². The summed E-state index contributed by atoms with van der Waals surface area (Å²) in [4.78, 5) is 16.2. The quantitative estimate of drug-likeness (QED) is 0.353. The minimum absolute atomic E-state index is 0.150. The average Bonchev–Trinajstić information content (AvgIpc) is 3.32. The number of aromatic nitrogens is 2. The van der Waals surface area contributed by atoms with E-state index in [1.54, 1.807) is 37.4 Å². The monoisotopic (exact) mass is 432 g/mol. The van der Waals surface area contributed by atoms with Crippen LogP contribution in [0.5, 0.6) is 23.0 Å². The summed E-state index contributed by atoms with van der Waals surface area (Å²) in [5.41, 5.74) is 0.730. The van der Waals surface area contributed by atoms with Crippen LogP contribution >= 0.6 is 0 Å². The van der Waals surface area contributed by atoms with Crippen molar-refractivity contribution in [2.24, 2.45) is 0 Å². The predicted octanol–water partition coefficient (Wildman–Crippen LogP) is 4.66. The van der Waals surface area contributed by atoms with Crippen LogP contribution in [0.4, 0.5) is 0 Å². The highest BCUT2D eigenvalue weighted by Crippen LogP contribution is 2.24. The molecule has 0 aliphatic heterocycles. The van der Waals surface area contributed by atoms with Gasteiger partial charge in [0.25, 0.3) is 5.89 Å². The van der Waals surface area contributed by atoms with Gasteiger partial charge in [0.1, 0.15) is 23.0 Å². The summed E-state index contributed by atoms with van der Waals surface area (Å²) < 4.78 is 26.6. The van der Waals surface area contributed by atoms with Crippen LogP contribution in [-0.2, 0) is 16.1 Å². The highest BCUT2D eigenvalue weighted by Gasteiger charge is 2.12. The standard InChI is InChI=1S/C24H20N2O6/c1-28-21-9-5-6-17(14-21)24-25-22(32-26-24)15-30-23(27)16-29-18-10-12-20(13-11-18)31-19-7-3-2-4-8-19/h2-14H,15-16H2,1H3. The summed E-state index contributed by atoms with van der Waals surface area (Å²) >= 11 is 0. The lowest BCUT2D eigenvalue weighted by Gasteiger charge is -2.08. The van der Waals surface area contributed by atoms with Gasteiger partial charge in [-0.05, 0) is 48.5 Å². The van der Waals surface area contributed by atoms with E-state index in [1.807, 2.05) is 48.5 Å². The largest absolute Gasteiger partial charge is 0.497 e. The van der Waals surface area contributed by atoms with Crippen LogP contribution < -0.4 is 14.2 Å². The molecule has 0 radical (unpaired) electrons. The molecule has 4 rings (SSSR count). The molecular formula is C24H20N2O6. The minimum atomic E-state index is -0.559. The van der Waals surface area contributed by atoms with Gasteiger partial charge in [0.05, 0.1) is 7.11 Å². The van der Waals surface area contributed by atoms with Crippen molar-refractivity contribution >= 4 is 5.97 Å². The van der Waals surface area contributed by atoms with Crippen molar-refractivity contribution in [1.29, 1.82) is 0 Å². The molecule has 8 nitrogen and oxygen atoms in total. The molecular weight excluding hydrogens is 412 g/mol. The summed E-state index contributed by atoms with van der Waals surface area (Å²) in [7, 11) is 1.58. The van der Waals surface area contributed by atoms with Gasteiger partial charge >= 0.3 is 5.97 Å². The minimum Gasteiger partial charge on any atom is -0.497 e. The Morgan fingerprint density at radius 1 is 0.875 bits per heavy atom. The topological polar surface area (TPSA) is 92.9 Å². The van der Waals surface area contributed by atoms with Gasteiger partial charge in [-0.2, -0.15) is 4.98 Å². The van der Waals surface area contributed by atoms with Crippen molar-refractivity contribution in [1.82, 2.24) is 10.1 Å². The summed E-state index contributed by atoms with van der Waals surface area (Å²) in [5.74, 6) is 2.59. The van der Waals surface area contributed by atoms with E-state index in [4.69, 9.17) is 23.5 Å². The first-order valence-electron chi connectivity index (χ1n) is 9.78. The van der Waals surface area contributed by atoms with Crippen LogP contribution in [0.15, 0.2) is 83.4 Å². The van der Waals surface area contributed by atoms with E-state index in [1.165, 1.54) is 0 Å². The summed E-state index contributed by atoms with van der Waals surface area (Å²) in [6.07, 6.45) is 0. The van der Waals surface area contributed by atoms with Crippen molar-refractivity contribution in [3.05, 3.63) is 84.8 Å². The number of ether oxygens (including phenoxy) is 4. The number of nitrogens with zero attached hydrogens (tertiary/aromatic N) is 2. The molecule has 8 heteroatoms. The molecule has 1 heterocycles. The Morgan fingerprint density at radius 3 is 2.38 bits per heavy atom. The van der Waals surface area contributed by atoms with E-state index in [0.717, 1.165) is 11.3 Å². The van der Waals surface area contributed by atoms with Gasteiger partial charge in [0, 0.05) is 5.56 Å². The number of carbonyl (C=O) groups excluding carboxylic acids is 1. The zero-order valence-electron chi connectivity index (χ0n) is 17.3. The van der Waals surface area contributed by atoms with Gasteiger partial charge in [0.2, 0.25) is 5.82 Å². The third-order valence-corrected chi connectivity index (χ3v) is 4.31. The molecule has 0 aliphatic rings. The molecule has 0 fully saturated rings. The number of carbonyl (C=O) groups is 1. The second-order valence-corrected chi connectivity index (χ2v) is 6.58. The third-order valence-electron chi connectivity index (χ3n) is 4.31. The number of hydrogen-bond acceptors (Lipinski definition) is 8. The second kappa shape index (κ2) is 10.1. The fourth-order valence-electron chi connectivity index (χ4n) is 2.75. The van der Waals surface area contributed by atoms with Crippen LogP contribution in [0.1, 0.15) is 5.89 Å². The smallest absolute Gasteiger partial charge is 0.344 e. The first-order chi connectivity index (χ1) is 15.7. The normalized spacial score (nSPS) is 10.4. The van der Waals surface area contributed by atoms with Crippen molar-refractivity contribution in [2.45, 2.75) is 6.61 Å². The first-order valence-corrected chi connectivity index (χ1v) is 9.78. The number of methoxy groups -OCH3 is 1. The van der Waals surface area contributed by atoms with Crippen LogP contribution in [0.2, 0.25) is 0 Å². The lowest BCUT2D eigenvalue weighted by atomic mass is 10.2. The average molecular weight is 432 g/mol. The molecule has 0 bridgehead atoms. The van der Waals surface area contributed by atoms with Crippen molar-refractivity contribution in [2.75, 3.05) is 13.7 Å². The Balaban J connectivity index is 1.23. The van der Waals surface area contributed by atoms with E-state index < -0.39 is 5.97 Å². The molecule has 1 aromatic heterocycles. The molecule has 0 N–H and O–H groups in total. The number of benzene rings is 3. The molecule has 162 valence electrons. The summed E-state index contributed by atoms with van der Waals surface area (Å²) in [6.45, 7) is -0.404. The molecule has 0 unspecified atom stereocenters. The van der Waals surface area contributed by atoms with Gasteiger partial charge in [-0.1, -0.05) is 35.5 Å². The highest BCUT2D eigenvalue weighted by molar-refractivity contribution is 5.71. The Kier molecular flexibility index (Phi) is 6.62. The molecule has 32 heavy (non-hydrogen) atoms. The van der Waals surface area contributed by atoms with E-state index in [-0.39, 0.29) is 19.1 Å². The molecule has 0 spiro atoms. The van der Waals surface area contributed by atoms with Crippen LogP contribution in [-0.4, -0.2) is 29.8 Å². The molecule has 0 atom stereocenters. The van der Waals surface area contributed by atoms with Crippen LogP contribution in [0.3, 0.4) is 0 Å². The summed E-state index contributed by atoms with van der Waals surface area (Å²) in [6, 6.07) is 23.6. The predicted molar refractivity (Wildman–Crippen MR) is 115 cm³/mol. The van der Waals surface area contributed by atoms with E-state index in [0.29, 0.717) is 23.1 Å². The zero-order valence-corrected chi connectivity index (χ0v) is 17.3.